The molecule has 0 atom stereocenters. The molecule has 0 heterocycles. The van der Waals surface area contributed by atoms with Crippen LogP contribution in [0.25, 0.3) is 0 Å². The van der Waals surface area contributed by atoms with Gasteiger partial charge in [-0.3, -0.25) is 0 Å². The summed E-state index contributed by atoms with van der Waals surface area (Å²) in [4.78, 5) is 0. The summed E-state index contributed by atoms with van der Waals surface area (Å²) in [7, 11) is 0. The third kappa shape index (κ3) is 4.07. The van der Waals surface area contributed by atoms with Crippen LogP contribution in [0, 0.1) is 0 Å². The van der Waals surface area contributed by atoms with Gasteiger partial charge in [-0.1, -0.05) is 0 Å². The Morgan fingerprint density at radius 3 is 1.35 bits per heavy atom. The van der Waals surface area contributed by atoms with Crippen molar-refractivity contribution in [2.75, 3.05) is 0 Å². The summed E-state index contributed by atoms with van der Waals surface area (Å²) in [6.45, 7) is 13.9. The average molecular weight is 347 g/mol. The maximum Gasteiger partial charge on any atom is -1.00 e. The molecule has 20 heavy (non-hydrogen) atoms. The zero-order chi connectivity index (χ0) is 13.4. The summed E-state index contributed by atoms with van der Waals surface area (Å²) in [6, 6.07) is 0. The van der Waals surface area contributed by atoms with E-state index >= 15 is 0 Å². The molecule has 0 spiro atoms. The van der Waals surface area contributed by atoms with Crippen LogP contribution in [0.3, 0.4) is 0 Å². The van der Waals surface area contributed by atoms with Crippen molar-refractivity contribution < 1.29 is 42.2 Å². The third-order valence-electron chi connectivity index (χ3n) is 3.89. The second kappa shape index (κ2) is 7.94. The van der Waals surface area contributed by atoms with E-state index in [0.717, 1.165) is 0 Å². The normalized spacial score (nSPS) is 17.1. The number of hydrogen-bond acceptors (Lipinski definition) is 0. The molecule has 3 heteroatoms. The SMILES string of the molecule is CC1=CC(C)=[C]([Ti+2]([C]2=C(C)C=C(C)C2)=[C](C)C)C1.[Cl-].[Cl-]. The third-order valence-corrected chi connectivity index (χ3v) is 9.12. The first-order chi connectivity index (χ1) is 8.40. The van der Waals surface area contributed by atoms with Gasteiger partial charge < -0.3 is 24.8 Å². The van der Waals surface area contributed by atoms with E-state index in [4.69, 9.17) is 0 Å². The Kier molecular flexibility index (Phi) is 7.99. The van der Waals surface area contributed by atoms with Crippen LogP contribution in [0.4, 0.5) is 0 Å². The van der Waals surface area contributed by atoms with Crippen molar-refractivity contribution in [3.63, 3.8) is 0 Å². The Balaban J connectivity index is 0.00000180. The minimum absolute atomic E-state index is 0. The van der Waals surface area contributed by atoms with Crippen molar-refractivity contribution in [3.05, 3.63) is 42.2 Å². The Morgan fingerprint density at radius 1 is 0.800 bits per heavy atom. The maximum atomic E-state index is 2.40. The van der Waals surface area contributed by atoms with Gasteiger partial charge in [0, 0.05) is 0 Å². The molecule has 2 aliphatic carbocycles. The van der Waals surface area contributed by atoms with Gasteiger partial charge in [0.2, 0.25) is 0 Å². The van der Waals surface area contributed by atoms with E-state index in [0.29, 0.717) is 0 Å². The molecular weight excluding hydrogens is 323 g/mol. The van der Waals surface area contributed by atoms with Crippen molar-refractivity contribution in [3.8, 4) is 0 Å². The molecule has 0 saturated heterocycles. The fourth-order valence-corrected chi connectivity index (χ4v) is 8.54. The van der Waals surface area contributed by atoms with Gasteiger partial charge in [0.25, 0.3) is 0 Å². The summed E-state index contributed by atoms with van der Waals surface area (Å²) in [5.41, 5.74) is 6.23. The Morgan fingerprint density at radius 2 is 1.15 bits per heavy atom. The monoisotopic (exact) mass is 346 g/mol. The van der Waals surface area contributed by atoms with Crippen LogP contribution in [0.1, 0.15) is 54.4 Å². The van der Waals surface area contributed by atoms with Crippen LogP contribution < -0.4 is 24.8 Å². The molecule has 0 radical (unpaired) electrons. The number of hydrogen-bond donors (Lipinski definition) is 0. The van der Waals surface area contributed by atoms with Crippen LogP contribution in [-0.2, 0) is 17.4 Å². The second-order valence-electron chi connectivity index (χ2n) is 6.03. The van der Waals surface area contributed by atoms with Gasteiger partial charge in [-0.15, -0.1) is 0 Å². The topological polar surface area (TPSA) is 0 Å². The summed E-state index contributed by atoms with van der Waals surface area (Å²) >= 11 is -1.35. The van der Waals surface area contributed by atoms with E-state index in [9.17, 15) is 0 Å². The molecule has 0 fully saturated rings. The van der Waals surface area contributed by atoms with Gasteiger partial charge in [0.05, 0.1) is 0 Å². The molecule has 0 bridgehead atoms. The van der Waals surface area contributed by atoms with Crippen molar-refractivity contribution in [1.82, 2.24) is 0 Å². The van der Waals surface area contributed by atoms with E-state index in [1.165, 1.54) is 12.8 Å². The number of halogens is 2. The van der Waals surface area contributed by atoms with Crippen LogP contribution in [0.15, 0.2) is 42.2 Å². The van der Waals surface area contributed by atoms with Gasteiger partial charge in [-0.25, -0.2) is 0 Å². The van der Waals surface area contributed by atoms with Crippen LogP contribution in [-0.4, -0.2) is 3.81 Å². The Hall–Kier alpha value is 0.124. The fourth-order valence-electron chi connectivity index (χ4n) is 3.21. The molecule has 0 saturated carbocycles. The van der Waals surface area contributed by atoms with E-state index < -0.39 is 17.4 Å². The molecule has 0 aliphatic heterocycles. The number of rotatable bonds is 2. The second-order valence-corrected chi connectivity index (χ2v) is 10.7. The van der Waals surface area contributed by atoms with Gasteiger partial charge in [-0.05, 0) is 0 Å². The first kappa shape index (κ1) is 20.1. The van der Waals surface area contributed by atoms with E-state index in [2.05, 4.69) is 53.7 Å². The first-order valence-electron chi connectivity index (χ1n) is 6.82. The van der Waals surface area contributed by atoms with Crippen molar-refractivity contribution >= 4 is 3.81 Å². The fraction of sp³-hybridized carbons (Fsp3) is 0.471. The summed E-state index contributed by atoms with van der Waals surface area (Å²) in [6.07, 6.45) is 7.27. The molecule has 0 aromatic rings. The Bertz CT molecular complexity index is 510. The average Bonchev–Trinajstić information content (AvgIpc) is 2.71. The zero-order valence-corrected chi connectivity index (χ0v) is 16.4. The molecule has 110 valence electrons. The number of allylic oxidation sites excluding steroid dienone is 8. The smallest absolute Gasteiger partial charge is 1.00 e. The van der Waals surface area contributed by atoms with E-state index in [1.54, 1.807) is 33.9 Å². The van der Waals surface area contributed by atoms with Crippen LogP contribution in [0.5, 0.6) is 0 Å². The van der Waals surface area contributed by atoms with Gasteiger partial charge in [0.15, 0.2) is 0 Å². The quantitative estimate of drug-likeness (QED) is 0.567. The van der Waals surface area contributed by atoms with E-state index in [-0.39, 0.29) is 24.8 Å². The maximum absolute atomic E-state index is 2.40. The molecule has 2 aliphatic rings. The van der Waals surface area contributed by atoms with Crippen LogP contribution in [0.2, 0.25) is 0 Å². The molecule has 0 aromatic carbocycles. The zero-order valence-electron chi connectivity index (χ0n) is 13.3. The largest absolute Gasteiger partial charge is 1.00 e. The van der Waals surface area contributed by atoms with Gasteiger partial charge in [0.1, 0.15) is 0 Å². The molecule has 0 unspecified atom stereocenters. The molecular formula is C17H24Cl2Ti. The standard InChI is InChI=1S/2C7H9.C3H6.2ClH.Ti/c2*1-6-3-4-7(2)5-6;1-3-2;;;/h2*5H,3H2,1-2H3;1-2H3;2*1H;/q;;;;;+2/p-2. The van der Waals surface area contributed by atoms with E-state index in [1.807, 2.05) is 0 Å². The molecule has 2 rings (SSSR count). The van der Waals surface area contributed by atoms with Crippen molar-refractivity contribution in [2.45, 2.75) is 54.4 Å². The van der Waals surface area contributed by atoms with Crippen LogP contribution >= 0.6 is 0 Å². The summed E-state index contributed by atoms with van der Waals surface area (Å²) in [5.74, 6) is 0. The van der Waals surface area contributed by atoms with Crippen molar-refractivity contribution in [1.29, 1.82) is 0 Å². The first-order valence-corrected chi connectivity index (χ1v) is 9.16. The summed E-state index contributed by atoms with van der Waals surface area (Å²) in [5, 5.41) is 0. The Labute approximate surface area is 142 Å². The minimum atomic E-state index is -1.35. The van der Waals surface area contributed by atoms with Gasteiger partial charge in [-0.2, -0.15) is 0 Å². The minimum Gasteiger partial charge on any atom is -1.00 e. The van der Waals surface area contributed by atoms with Crippen molar-refractivity contribution in [2.24, 2.45) is 0 Å². The molecule has 0 N–H and O–H groups in total. The van der Waals surface area contributed by atoms with Gasteiger partial charge >= 0.3 is 118 Å². The summed E-state index contributed by atoms with van der Waals surface area (Å²) < 4.78 is 5.29. The molecule has 0 amide bonds. The molecule has 0 aromatic heterocycles. The predicted molar refractivity (Wildman–Crippen MR) is 78.5 cm³/mol. The molecule has 0 nitrogen and oxygen atoms in total. The predicted octanol–water partition coefficient (Wildman–Crippen LogP) is -0.927.